The van der Waals surface area contributed by atoms with E-state index in [1.165, 1.54) is 4.57 Å². The van der Waals surface area contributed by atoms with Gasteiger partial charge in [0.2, 0.25) is 5.78 Å². The van der Waals surface area contributed by atoms with Crippen molar-refractivity contribution in [2.75, 3.05) is 6.61 Å². The number of carbonyl (C=O) groups is 3. The van der Waals surface area contributed by atoms with Crippen molar-refractivity contribution in [3.05, 3.63) is 57.4 Å². The van der Waals surface area contributed by atoms with E-state index in [-0.39, 0.29) is 29.3 Å². The fourth-order valence-corrected chi connectivity index (χ4v) is 3.22. The Morgan fingerprint density at radius 2 is 1.85 bits per heavy atom. The van der Waals surface area contributed by atoms with Gasteiger partial charge in [-0.05, 0) is 31.0 Å². The van der Waals surface area contributed by atoms with E-state index in [0.717, 1.165) is 0 Å². The lowest BCUT2D eigenvalue weighted by Gasteiger charge is -2.08. The van der Waals surface area contributed by atoms with Gasteiger partial charge in [0, 0.05) is 18.3 Å². The van der Waals surface area contributed by atoms with Gasteiger partial charge in [-0.1, -0.05) is 30.7 Å². The number of ketones is 1. The van der Waals surface area contributed by atoms with Crippen LogP contribution in [0.4, 0.5) is 0 Å². The van der Waals surface area contributed by atoms with E-state index in [1.54, 1.807) is 45.2 Å². The van der Waals surface area contributed by atoms with Gasteiger partial charge in [-0.2, -0.15) is 0 Å². The molecule has 0 saturated carbocycles. The molecule has 1 aromatic heterocycles. The zero-order chi connectivity index (χ0) is 19.4. The summed E-state index contributed by atoms with van der Waals surface area (Å²) in [5.41, 5.74) is 1.40. The molecule has 138 valence electrons. The Morgan fingerprint density at radius 3 is 2.38 bits per heavy atom. The van der Waals surface area contributed by atoms with Gasteiger partial charge in [-0.25, -0.2) is 4.79 Å². The second-order valence-electron chi connectivity index (χ2n) is 5.66. The standard InChI is InChI=1S/C19H20ClNO5/c1-4-11-16(19(25)26-5-2)14(10-15(22)23)21(3)17(11)18(24)12-8-6-7-9-13(12)20/h6-9H,4-5,10H2,1-3H3,(H,22,23). The van der Waals surface area contributed by atoms with E-state index in [1.807, 2.05) is 0 Å². The third-order valence-corrected chi connectivity index (χ3v) is 4.43. The number of nitrogens with zero attached hydrogens (tertiary/aromatic N) is 1. The van der Waals surface area contributed by atoms with Crippen molar-refractivity contribution in [1.29, 1.82) is 0 Å². The van der Waals surface area contributed by atoms with Crippen LogP contribution in [0, 0.1) is 0 Å². The van der Waals surface area contributed by atoms with Gasteiger partial charge in [0.05, 0.1) is 29.3 Å². The van der Waals surface area contributed by atoms with Crippen LogP contribution in [0.25, 0.3) is 0 Å². The second kappa shape index (κ2) is 8.19. The van der Waals surface area contributed by atoms with Crippen molar-refractivity contribution in [2.45, 2.75) is 26.7 Å². The molecule has 1 heterocycles. The summed E-state index contributed by atoms with van der Waals surface area (Å²) in [7, 11) is 1.57. The maximum atomic E-state index is 13.1. The first-order valence-corrected chi connectivity index (χ1v) is 8.59. The lowest BCUT2D eigenvalue weighted by Crippen LogP contribution is -2.14. The molecule has 1 aromatic carbocycles. The zero-order valence-electron chi connectivity index (χ0n) is 14.8. The molecule has 0 saturated heterocycles. The number of ether oxygens (including phenoxy) is 1. The smallest absolute Gasteiger partial charge is 0.340 e. The molecule has 2 rings (SSSR count). The molecule has 0 aliphatic rings. The van der Waals surface area contributed by atoms with E-state index < -0.39 is 18.4 Å². The molecule has 0 amide bonds. The molecular weight excluding hydrogens is 358 g/mol. The lowest BCUT2D eigenvalue weighted by atomic mass is 10.00. The molecular formula is C19H20ClNO5. The minimum absolute atomic E-state index is 0.148. The number of carboxylic acid groups (broad SMARTS) is 1. The minimum atomic E-state index is -1.10. The highest BCUT2D eigenvalue weighted by molar-refractivity contribution is 6.35. The predicted octanol–water partition coefficient (Wildman–Crippen LogP) is 3.28. The quantitative estimate of drug-likeness (QED) is 0.591. The average Bonchev–Trinajstić information content (AvgIpc) is 2.86. The maximum Gasteiger partial charge on any atom is 0.340 e. The Hall–Kier alpha value is -2.60. The number of halogens is 1. The van der Waals surface area contributed by atoms with Crippen molar-refractivity contribution < 1.29 is 24.2 Å². The molecule has 1 N–H and O–H groups in total. The van der Waals surface area contributed by atoms with Crippen LogP contribution in [-0.4, -0.2) is 34.0 Å². The fraction of sp³-hybridized carbons (Fsp3) is 0.316. The van der Waals surface area contributed by atoms with Crippen molar-refractivity contribution in [1.82, 2.24) is 4.57 Å². The molecule has 0 bridgehead atoms. The van der Waals surface area contributed by atoms with Gasteiger partial charge < -0.3 is 14.4 Å². The predicted molar refractivity (Wildman–Crippen MR) is 97.0 cm³/mol. The van der Waals surface area contributed by atoms with E-state index in [9.17, 15) is 19.5 Å². The van der Waals surface area contributed by atoms with Crippen LogP contribution >= 0.6 is 11.6 Å². The second-order valence-corrected chi connectivity index (χ2v) is 6.07. The number of esters is 1. The van der Waals surface area contributed by atoms with Crippen LogP contribution < -0.4 is 0 Å². The number of rotatable bonds is 7. The van der Waals surface area contributed by atoms with E-state index in [4.69, 9.17) is 16.3 Å². The lowest BCUT2D eigenvalue weighted by molar-refractivity contribution is -0.136. The Labute approximate surface area is 156 Å². The summed E-state index contributed by atoms with van der Waals surface area (Å²) >= 11 is 6.14. The Kier molecular flexibility index (Phi) is 6.21. The van der Waals surface area contributed by atoms with E-state index in [2.05, 4.69) is 0 Å². The molecule has 7 heteroatoms. The van der Waals surface area contributed by atoms with Crippen LogP contribution in [0.3, 0.4) is 0 Å². The first kappa shape index (κ1) is 19.7. The van der Waals surface area contributed by atoms with Gasteiger partial charge in [0.25, 0.3) is 0 Å². The molecule has 0 spiro atoms. The summed E-state index contributed by atoms with van der Waals surface area (Å²) in [5.74, 6) is -2.10. The summed E-state index contributed by atoms with van der Waals surface area (Å²) in [4.78, 5) is 36.8. The van der Waals surface area contributed by atoms with Crippen molar-refractivity contribution in [3.63, 3.8) is 0 Å². The first-order chi connectivity index (χ1) is 12.3. The average molecular weight is 378 g/mol. The summed E-state index contributed by atoms with van der Waals surface area (Å²) < 4.78 is 6.55. The normalized spacial score (nSPS) is 10.6. The van der Waals surface area contributed by atoms with Gasteiger partial charge in [-0.3, -0.25) is 9.59 Å². The molecule has 26 heavy (non-hydrogen) atoms. The molecule has 6 nitrogen and oxygen atoms in total. The van der Waals surface area contributed by atoms with Gasteiger partial charge in [0.1, 0.15) is 0 Å². The SMILES string of the molecule is CCOC(=O)c1c(CC)c(C(=O)c2ccccc2Cl)n(C)c1CC(=O)O. The third kappa shape index (κ3) is 3.65. The summed E-state index contributed by atoms with van der Waals surface area (Å²) in [6, 6.07) is 6.61. The topological polar surface area (TPSA) is 85.6 Å². The number of hydrogen-bond acceptors (Lipinski definition) is 4. The largest absolute Gasteiger partial charge is 0.481 e. The summed E-state index contributed by atoms with van der Waals surface area (Å²) in [5, 5.41) is 9.52. The van der Waals surface area contributed by atoms with Crippen molar-refractivity contribution >= 4 is 29.3 Å². The third-order valence-electron chi connectivity index (χ3n) is 4.10. The van der Waals surface area contributed by atoms with Crippen LogP contribution in [0.5, 0.6) is 0 Å². The molecule has 0 aliphatic carbocycles. The molecule has 0 atom stereocenters. The van der Waals surface area contributed by atoms with E-state index in [0.29, 0.717) is 22.6 Å². The Bertz CT molecular complexity index is 869. The zero-order valence-corrected chi connectivity index (χ0v) is 15.6. The number of carboxylic acids is 1. The monoisotopic (exact) mass is 377 g/mol. The van der Waals surface area contributed by atoms with Gasteiger partial charge >= 0.3 is 11.9 Å². The molecule has 2 aromatic rings. The maximum absolute atomic E-state index is 13.1. The number of aromatic nitrogens is 1. The number of benzene rings is 1. The highest BCUT2D eigenvalue weighted by atomic mass is 35.5. The number of carbonyl (C=O) groups excluding carboxylic acids is 2. The Balaban J connectivity index is 2.73. The van der Waals surface area contributed by atoms with Crippen LogP contribution in [0.1, 0.15) is 51.5 Å². The Morgan fingerprint density at radius 1 is 1.19 bits per heavy atom. The molecule has 0 aliphatic heterocycles. The number of hydrogen-bond donors (Lipinski definition) is 1. The van der Waals surface area contributed by atoms with Crippen LogP contribution in [-0.2, 0) is 29.4 Å². The fourth-order valence-electron chi connectivity index (χ4n) is 3.00. The number of aliphatic carboxylic acids is 1. The highest BCUT2D eigenvalue weighted by Crippen LogP contribution is 2.29. The van der Waals surface area contributed by atoms with E-state index >= 15 is 0 Å². The molecule has 0 radical (unpaired) electrons. The van der Waals surface area contributed by atoms with Crippen LogP contribution in [0.2, 0.25) is 5.02 Å². The van der Waals surface area contributed by atoms with Gasteiger partial charge in [-0.15, -0.1) is 0 Å². The minimum Gasteiger partial charge on any atom is -0.481 e. The van der Waals surface area contributed by atoms with Crippen molar-refractivity contribution in [3.8, 4) is 0 Å². The summed E-state index contributed by atoms with van der Waals surface area (Å²) in [6.45, 7) is 3.61. The molecule has 0 fully saturated rings. The first-order valence-electron chi connectivity index (χ1n) is 8.21. The highest BCUT2D eigenvalue weighted by Gasteiger charge is 2.30. The summed E-state index contributed by atoms with van der Waals surface area (Å²) in [6.07, 6.45) is -0.0272. The van der Waals surface area contributed by atoms with Crippen molar-refractivity contribution in [2.24, 2.45) is 7.05 Å². The molecule has 0 unspecified atom stereocenters. The van der Waals surface area contributed by atoms with Gasteiger partial charge in [0.15, 0.2) is 0 Å². The van der Waals surface area contributed by atoms with Crippen LogP contribution in [0.15, 0.2) is 24.3 Å².